The molecule has 0 spiro atoms. The minimum atomic E-state index is -0.345. The molecule has 1 aliphatic heterocycles. The first kappa shape index (κ1) is 15.8. The number of aryl methyl sites for hydroxylation is 1. The molecule has 3 rings (SSSR count). The summed E-state index contributed by atoms with van der Waals surface area (Å²) >= 11 is 0. The van der Waals surface area contributed by atoms with Crippen molar-refractivity contribution in [1.82, 2.24) is 14.8 Å². The second kappa shape index (κ2) is 7.00. The summed E-state index contributed by atoms with van der Waals surface area (Å²) in [6.45, 7) is 5.82. The lowest BCUT2D eigenvalue weighted by Gasteiger charge is -2.27. The Balaban J connectivity index is 1.89. The molecule has 1 amide bonds. The first-order valence-electron chi connectivity index (χ1n) is 8.34. The Bertz CT molecular complexity index is 741. The van der Waals surface area contributed by atoms with Gasteiger partial charge in [-0.05, 0) is 24.6 Å². The van der Waals surface area contributed by atoms with Crippen molar-refractivity contribution in [2.24, 2.45) is 0 Å². The summed E-state index contributed by atoms with van der Waals surface area (Å²) in [6.07, 6.45) is 3.09. The largest absolute Gasteiger partial charge is 0.419 e. The van der Waals surface area contributed by atoms with E-state index in [0.29, 0.717) is 36.3 Å². The van der Waals surface area contributed by atoms with E-state index < -0.39 is 0 Å². The minimum absolute atomic E-state index is 0.0159. The topological polar surface area (TPSA) is 67.5 Å². The van der Waals surface area contributed by atoms with Crippen LogP contribution in [0.3, 0.4) is 0 Å². The Hall–Kier alpha value is -2.08. The number of unbranched alkanes of at least 4 members (excludes halogenated alkanes) is 2. The number of fused-ring (bicyclic) bond motifs is 1. The van der Waals surface area contributed by atoms with Gasteiger partial charge in [-0.2, -0.15) is 0 Å². The van der Waals surface area contributed by atoms with E-state index in [4.69, 9.17) is 4.42 Å². The Kier molecular flexibility index (Phi) is 4.81. The highest BCUT2D eigenvalue weighted by atomic mass is 16.4. The highest BCUT2D eigenvalue weighted by Gasteiger charge is 2.19. The fourth-order valence-corrected chi connectivity index (χ4v) is 2.98. The first-order valence-corrected chi connectivity index (χ1v) is 8.34. The van der Waals surface area contributed by atoms with Gasteiger partial charge in [-0.1, -0.05) is 19.8 Å². The minimum Gasteiger partial charge on any atom is -0.408 e. The van der Waals surface area contributed by atoms with Crippen molar-refractivity contribution in [1.29, 1.82) is 0 Å². The molecule has 0 aliphatic carbocycles. The average molecular weight is 317 g/mol. The molecule has 124 valence electrons. The molecular formula is C17H23N3O3. The number of benzene rings is 1. The normalized spacial score (nSPS) is 15.3. The SMILES string of the molecule is CCCCCn1c(=O)oc2ccc(C(=O)N3CCNCC3)cc21. The number of nitrogens with one attached hydrogen (secondary N) is 1. The van der Waals surface area contributed by atoms with Crippen molar-refractivity contribution in [2.45, 2.75) is 32.7 Å². The van der Waals surface area contributed by atoms with Gasteiger partial charge in [0.25, 0.3) is 5.91 Å². The van der Waals surface area contributed by atoms with Crippen LogP contribution in [0.25, 0.3) is 11.1 Å². The Morgan fingerprint density at radius 2 is 2.04 bits per heavy atom. The number of carbonyl (C=O) groups excluding carboxylic acids is 1. The molecule has 23 heavy (non-hydrogen) atoms. The summed E-state index contributed by atoms with van der Waals surface area (Å²) < 4.78 is 6.92. The fourth-order valence-electron chi connectivity index (χ4n) is 2.98. The van der Waals surface area contributed by atoms with Gasteiger partial charge in [-0.15, -0.1) is 0 Å². The summed E-state index contributed by atoms with van der Waals surface area (Å²) in [4.78, 5) is 26.5. The molecule has 0 bridgehead atoms. The van der Waals surface area contributed by atoms with Crippen LogP contribution in [0.4, 0.5) is 0 Å². The zero-order valence-corrected chi connectivity index (χ0v) is 13.5. The Morgan fingerprint density at radius 3 is 2.78 bits per heavy atom. The van der Waals surface area contributed by atoms with Crippen LogP contribution in [0.2, 0.25) is 0 Å². The number of oxazole rings is 1. The van der Waals surface area contributed by atoms with E-state index >= 15 is 0 Å². The maximum absolute atomic E-state index is 12.6. The van der Waals surface area contributed by atoms with Crippen molar-refractivity contribution in [3.05, 3.63) is 34.3 Å². The highest BCUT2D eigenvalue weighted by molar-refractivity contribution is 5.97. The summed E-state index contributed by atoms with van der Waals surface area (Å²) in [6, 6.07) is 5.26. The number of hydrogen-bond acceptors (Lipinski definition) is 4. The van der Waals surface area contributed by atoms with E-state index in [-0.39, 0.29) is 11.7 Å². The molecule has 1 aliphatic rings. The summed E-state index contributed by atoms with van der Waals surface area (Å²) in [7, 11) is 0. The van der Waals surface area contributed by atoms with E-state index in [2.05, 4.69) is 12.2 Å². The quantitative estimate of drug-likeness (QED) is 0.854. The van der Waals surface area contributed by atoms with Crippen molar-refractivity contribution >= 4 is 17.0 Å². The maximum Gasteiger partial charge on any atom is 0.419 e. The van der Waals surface area contributed by atoms with Gasteiger partial charge in [0.05, 0.1) is 5.52 Å². The summed E-state index contributed by atoms with van der Waals surface area (Å²) in [5.41, 5.74) is 1.87. The molecule has 1 aromatic carbocycles. The van der Waals surface area contributed by atoms with Crippen molar-refractivity contribution in [3.8, 4) is 0 Å². The molecule has 0 unspecified atom stereocenters. The second-order valence-corrected chi connectivity index (χ2v) is 5.95. The molecular weight excluding hydrogens is 294 g/mol. The van der Waals surface area contributed by atoms with Gasteiger partial charge in [0.1, 0.15) is 0 Å². The van der Waals surface area contributed by atoms with Crippen LogP contribution >= 0.6 is 0 Å². The number of hydrogen-bond donors (Lipinski definition) is 1. The van der Waals surface area contributed by atoms with Gasteiger partial charge in [0.15, 0.2) is 5.58 Å². The zero-order valence-electron chi connectivity index (χ0n) is 13.5. The van der Waals surface area contributed by atoms with Crippen LogP contribution in [0.5, 0.6) is 0 Å². The van der Waals surface area contributed by atoms with Gasteiger partial charge in [0.2, 0.25) is 0 Å². The second-order valence-electron chi connectivity index (χ2n) is 5.95. The van der Waals surface area contributed by atoms with Gasteiger partial charge < -0.3 is 14.6 Å². The molecule has 1 fully saturated rings. The molecule has 0 radical (unpaired) electrons. The Morgan fingerprint density at radius 1 is 1.26 bits per heavy atom. The molecule has 1 N–H and O–H groups in total. The maximum atomic E-state index is 12.6. The number of rotatable bonds is 5. The molecule has 6 heteroatoms. The lowest BCUT2D eigenvalue weighted by atomic mass is 10.1. The lowest BCUT2D eigenvalue weighted by Crippen LogP contribution is -2.46. The van der Waals surface area contributed by atoms with Crippen LogP contribution < -0.4 is 11.1 Å². The van der Waals surface area contributed by atoms with Crippen LogP contribution in [-0.4, -0.2) is 41.6 Å². The molecule has 0 saturated carbocycles. The van der Waals surface area contributed by atoms with E-state index in [0.717, 1.165) is 32.4 Å². The van der Waals surface area contributed by atoms with Gasteiger partial charge in [-0.25, -0.2) is 4.79 Å². The summed E-state index contributed by atoms with van der Waals surface area (Å²) in [5, 5.41) is 3.24. The first-order chi connectivity index (χ1) is 11.2. The number of amides is 1. The molecule has 2 aromatic rings. The molecule has 1 aromatic heterocycles. The molecule has 1 saturated heterocycles. The third kappa shape index (κ3) is 3.32. The predicted molar refractivity (Wildman–Crippen MR) is 88.8 cm³/mol. The van der Waals surface area contributed by atoms with Crippen LogP contribution in [0.15, 0.2) is 27.4 Å². The molecule has 6 nitrogen and oxygen atoms in total. The highest BCUT2D eigenvalue weighted by Crippen LogP contribution is 2.17. The zero-order chi connectivity index (χ0) is 16.2. The number of nitrogens with zero attached hydrogens (tertiary/aromatic N) is 2. The summed E-state index contributed by atoms with van der Waals surface area (Å²) in [5.74, 6) is -0.329. The molecule has 0 atom stereocenters. The number of aromatic nitrogens is 1. The lowest BCUT2D eigenvalue weighted by molar-refractivity contribution is 0.0736. The number of piperazine rings is 1. The molecule has 2 heterocycles. The van der Waals surface area contributed by atoms with E-state index in [1.54, 1.807) is 22.8 Å². The van der Waals surface area contributed by atoms with E-state index in [9.17, 15) is 9.59 Å². The predicted octanol–water partition coefficient (Wildman–Crippen LogP) is 1.83. The monoisotopic (exact) mass is 317 g/mol. The van der Waals surface area contributed by atoms with Gasteiger partial charge >= 0.3 is 5.76 Å². The van der Waals surface area contributed by atoms with Crippen LogP contribution in [0.1, 0.15) is 36.5 Å². The van der Waals surface area contributed by atoms with Crippen LogP contribution in [-0.2, 0) is 6.54 Å². The van der Waals surface area contributed by atoms with E-state index in [1.165, 1.54) is 0 Å². The van der Waals surface area contributed by atoms with Crippen molar-refractivity contribution in [3.63, 3.8) is 0 Å². The smallest absolute Gasteiger partial charge is 0.408 e. The third-order valence-corrected chi connectivity index (χ3v) is 4.30. The Labute approximate surface area is 135 Å². The average Bonchev–Trinajstić information content (AvgIpc) is 2.90. The van der Waals surface area contributed by atoms with Gasteiger partial charge in [-0.3, -0.25) is 9.36 Å². The fraction of sp³-hybridized carbons (Fsp3) is 0.529. The standard InChI is InChI=1S/C17H23N3O3/c1-2-3-4-9-20-14-12-13(5-6-15(14)23-17(20)22)16(21)19-10-7-18-8-11-19/h5-6,12,18H,2-4,7-11H2,1H3. The third-order valence-electron chi connectivity index (χ3n) is 4.30. The van der Waals surface area contributed by atoms with Crippen molar-refractivity contribution in [2.75, 3.05) is 26.2 Å². The van der Waals surface area contributed by atoms with Gasteiger partial charge in [0, 0.05) is 38.3 Å². The van der Waals surface area contributed by atoms with Crippen molar-refractivity contribution < 1.29 is 9.21 Å². The van der Waals surface area contributed by atoms with Crippen LogP contribution in [0, 0.1) is 0 Å². The number of carbonyl (C=O) groups is 1. The van der Waals surface area contributed by atoms with E-state index in [1.807, 2.05) is 4.90 Å².